The fourth-order valence-corrected chi connectivity index (χ4v) is 6.62. The van der Waals surface area contributed by atoms with Crippen LogP contribution < -0.4 is 20.7 Å². The average molecular weight is 599 g/mol. The summed E-state index contributed by atoms with van der Waals surface area (Å²) < 4.78 is 11.7. The third-order valence-corrected chi connectivity index (χ3v) is 8.42. The number of nitrogens with one attached hydrogen (secondary N) is 3. The standard InChI is InChI=1S/C28H28BrN3O5S/c1-3-36-28(35)18-13-16(25-31-26(34)24-17-6-4-5-7-22(17)38-27(24)32-25)9-11-21(18)37-14-23(33)30-20-10-8-15(2)12-19(20)29/h8-13,25,32H,3-7,14H2,1-2H3,(H,30,33)(H,31,34). The Hall–Kier alpha value is -3.37. The molecule has 198 valence electrons. The largest absolute Gasteiger partial charge is 0.483 e. The summed E-state index contributed by atoms with van der Waals surface area (Å²) in [7, 11) is 0. The molecule has 1 unspecified atom stereocenters. The average Bonchev–Trinajstić information content (AvgIpc) is 3.28. The number of esters is 1. The number of benzene rings is 2. The minimum absolute atomic E-state index is 0.111. The molecule has 0 saturated carbocycles. The molecule has 1 aromatic heterocycles. The number of carbonyl (C=O) groups is 3. The van der Waals surface area contributed by atoms with E-state index in [1.165, 1.54) is 4.88 Å². The molecule has 10 heteroatoms. The summed E-state index contributed by atoms with van der Waals surface area (Å²) in [6.45, 7) is 3.57. The minimum Gasteiger partial charge on any atom is -0.483 e. The predicted octanol–water partition coefficient (Wildman–Crippen LogP) is 5.75. The number of carbonyl (C=O) groups excluding carboxylic acids is 3. The Balaban J connectivity index is 1.34. The Morgan fingerprint density at radius 3 is 2.74 bits per heavy atom. The van der Waals surface area contributed by atoms with E-state index < -0.39 is 12.1 Å². The molecule has 3 N–H and O–H groups in total. The van der Waals surface area contributed by atoms with Crippen molar-refractivity contribution in [1.29, 1.82) is 0 Å². The Morgan fingerprint density at radius 1 is 1.13 bits per heavy atom. The second-order valence-electron chi connectivity index (χ2n) is 9.26. The number of anilines is 2. The third-order valence-electron chi connectivity index (χ3n) is 6.54. The number of fused-ring (bicyclic) bond motifs is 3. The van der Waals surface area contributed by atoms with Crippen molar-refractivity contribution in [2.24, 2.45) is 0 Å². The first kappa shape index (κ1) is 26.2. The fourth-order valence-electron chi connectivity index (χ4n) is 4.72. The first-order chi connectivity index (χ1) is 18.3. The van der Waals surface area contributed by atoms with E-state index in [4.69, 9.17) is 9.47 Å². The van der Waals surface area contributed by atoms with Gasteiger partial charge in [-0.15, -0.1) is 11.3 Å². The van der Waals surface area contributed by atoms with Gasteiger partial charge < -0.3 is 25.4 Å². The van der Waals surface area contributed by atoms with Gasteiger partial charge in [0.2, 0.25) is 0 Å². The van der Waals surface area contributed by atoms with Crippen molar-refractivity contribution in [1.82, 2.24) is 5.32 Å². The molecule has 0 radical (unpaired) electrons. The van der Waals surface area contributed by atoms with Gasteiger partial charge in [-0.3, -0.25) is 9.59 Å². The van der Waals surface area contributed by atoms with Gasteiger partial charge in [-0.2, -0.15) is 0 Å². The SMILES string of the molecule is CCOC(=O)c1cc(C2NC(=O)c3c(sc4c3CCCC4)N2)ccc1OCC(=O)Nc1ccc(C)cc1Br. The molecule has 0 spiro atoms. The van der Waals surface area contributed by atoms with Crippen LogP contribution >= 0.6 is 27.3 Å². The maximum absolute atomic E-state index is 13.1. The molecule has 2 aliphatic rings. The Bertz CT molecular complexity index is 1420. The van der Waals surface area contributed by atoms with Gasteiger partial charge in [0.05, 0.1) is 17.9 Å². The highest BCUT2D eigenvalue weighted by atomic mass is 79.9. The molecule has 1 atom stereocenters. The number of hydrogen-bond donors (Lipinski definition) is 3. The first-order valence-electron chi connectivity index (χ1n) is 12.6. The van der Waals surface area contributed by atoms with Gasteiger partial charge in [0.1, 0.15) is 22.5 Å². The lowest BCUT2D eigenvalue weighted by molar-refractivity contribution is -0.118. The molecule has 5 rings (SSSR count). The van der Waals surface area contributed by atoms with Crippen molar-refractivity contribution in [3.05, 3.63) is 73.6 Å². The maximum Gasteiger partial charge on any atom is 0.341 e. The number of thiophene rings is 1. The minimum atomic E-state index is -0.569. The summed E-state index contributed by atoms with van der Waals surface area (Å²) in [5.41, 5.74) is 4.45. The molecule has 8 nitrogen and oxygen atoms in total. The number of amides is 2. The molecule has 0 saturated heterocycles. The molecule has 2 heterocycles. The number of halogens is 1. The number of ether oxygens (including phenoxy) is 2. The molecule has 0 fully saturated rings. The van der Waals surface area contributed by atoms with Crippen LogP contribution in [0.1, 0.15) is 68.2 Å². The predicted molar refractivity (Wildman–Crippen MR) is 150 cm³/mol. The number of hydrogen-bond acceptors (Lipinski definition) is 7. The highest BCUT2D eigenvalue weighted by Gasteiger charge is 2.32. The quantitative estimate of drug-likeness (QED) is 0.300. The van der Waals surface area contributed by atoms with Crippen LogP contribution in [0.2, 0.25) is 0 Å². The normalized spacial score (nSPS) is 16.0. The van der Waals surface area contributed by atoms with Crippen LogP contribution in [0.3, 0.4) is 0 Å². The van der Waals surface area contributed by atoms with Gasteiger partial charge in [-0.1, -0.05) is 12.1 Å². The second kappa shape index (κ2) is 11.2. The van der Waals surface area contributed by atoms with Crippen LogP contribution in [0.5, 0.6) is 5.75 Å². The number of rotatable bonds is 7. The van der Waals surface area contributed by atoms with Crippen molar-refractivity contribution < 1.29 is 23.9 Å². The van der Waals surface area contributed by atoms with E-state index in [0.29, 0.717) is 11.3 Å². The van der Waals surface area contributed by atoms with E-state index in [1.54, 1.807) is 42.5 Å². The lowest BCUT2D eigenvalue weighted by atomic mass is 9.94. The van der Waals surface area contributed by atoms with Crippen LogP contribution in [0.4, 0.5) is 10.7 Å². The molecule has 0 bridgehead atoms. The van der Waals surface area contributed by atoms with Crippen LogP contribution in [-0.2, 0) is 22.4 Å². The van der Waals surface area contributed by atoms with E-state index in [1.807, 2.05) is 19.1 Å². The molecule has 1 aliphatic heterocycles. The fraction of sp³-hybridized carbons (Fsp3) is 0.321. The van der Waals surface area contributed by atoms with Gasteiger partial charge in [-0.25, -0.2) is 4.79 Å². The molecular formula is C28H28BrN3O5S. The zero-order chi connectivity index (χ0) is 26.8. The second-order valence-corrected chi connectivity index (χ2v) is 11.2. The van der Waals surface area contributed by atoms with Crippen molar-refractivity contribution in [3.8, 4) is 5.75 Å². The Morgan fingerprint density at radius 2 is 1.95 bits per heavy atom. The molecule has 38 heavy (non-hydrogen) atoms. The highest BCUT2D eigenvalue weighted by Crippen LogP contribution is 2.41. The van der Waals surface area contributed by atoms with E-state index in [-0.39, 0.29) is 36.3 Å². The highest BCUT2D eigenvalue weighted by molar-refractivity contribution is 9.10. The summed E-state index contributed by atoms with van der Waals surface area (Å²) in [5, 5.41) is 10.1. The van der Waals surface area contributed by atoms with Gasteiger partial charge in [-0.05, 0) is 96.4 Å². The lowest BCUT2D eigenvalue weighted by Crippen LogP contribution is -2.38. The van der Waals surface area contributed by atoms with E-state index in [2.05, 4.69) is 31.9 Å². The molecule has 2 aromatic carbocycles. The maximum atomic E-state index is 13.1. The smallest absolute Gasteiger partial charge is 0.341 e. The van der Waals surface area contributed by atoms with E-state index >= 15 is 0 Å². The molecule has 1 aliphatic carbocycles. The summed E-state index contributed by atoms with van der Waals surface area (Å²) in [6, 6.07) is 10.6. The zero-order valence-electron chi connectivity index (χ0n) is 21.1. The zero-order valence-corrected chi connectivity index (χ0v) is 23.5. The van der Waals surface area contributed by atoms with Crippen molar-refractivity contribution in [3.63, 3.8) is 0 Å². The van der Waals surface area contributed by atoms with E-state index in [9.17, 15) is 14.4 Å². The topological polar surface area (TPSA) is 106 Å². The Labute approximate surface area is 233 Å². The summed E-state index contributed by atoms with van der Waals surface area (Å²) in [6.07, 6.45) is 3.65. The monoisotopic (exact) mass is 597 g/mol. The summed E-state index contributed by atoms with van der Waals surface area (Å²) >= 11 is 5.08. The van der Waals surface area contributed by atoms with Gasteiger partial charge in [0.15, 0.2) is 6.61 Å². The molecule has 2 amide bonds. The van der Waals surface area contributed by atoms with Crippen molar-refractivity contribution in [2.75, 3.05) is 23.8 Å². The van der Waals surface area contributed by atoms with Crippen molar-refractivity contribution >= 4 is 55.7 Å². The van der Waals surface area contributed by atoms with Crippen LogP contribution in [0, 0.1) is 6.92 Å². The van der Waals surface area contributed by atoms with Crippen LogP contribution in [0.25, 0.3) is 0 Å². The number of aryl methyl sites for hydroxylation is 2. The van der Waals surface area contributed by atoms with Crippen LogP contribution in [-0.4, -0.2) is 31.0 Å². The van der Waals surface area contributed by atoms with Gasteiger partial charge >= 0.3 is 5.97 Å². The summed E-state index contributed by atoms with van der Waals surface area (Å²) in [4.78, 5) is 39.7. The molecule has 3 aromatic rings. The van der Waals surface area contributed by atoms with Gasteiger partial charge in [0, 0.05) is 9.35 Å². The summed E-state index contributed by atoms with van der Waals surface area (Å²) in [5.74, 6) is -0.830. The molecular weight excluding hydrogens is 570 g/mol. The van der Waals surface area contributed by atoms with Crippen molar-refractivity contribution in [2.45, 2.75) is 45.7 Å². The Kier molecular flexibility index (Phi) is 7.71. The van der Waals surface area contributed by atoms with Gasteiger partial charge in [0.25, 0.3) is 11.8 Å². The third kappa shape index (κ3) is 5.42. The first-order valence-corrected chi connectivity index (χ1v) is 14.2. The lowest BCUT2D eigenvalue weighted by Gasteiger charge is -2.27. The van der Waals surface area contributed by atoms with Crippen LogP contribution in [0.15, 0.2) is 40.9 Å². The van der Waals surface area contributed by atoms with E-state index in [0.717, 1.165) is 51.8 Å².